The van der Waals surface area contributed by atoms with Crippen LogP contribution in [0.1, 0.15) is 81.1 Å². The molecule has 2 aliphatic rings. The predicted octanol–water partition coefficient (Wildman–Crippen LogP) is 8.50. The molecule has 2 fully saturated rings. The number of piperidine rings is 2. The lowest BCUT2D eigenvalue weighted by atomic mass is 9.81. The summed E-state index contributed by atoms with van der Waals surface area (Å²) in [5.41, 5.74) is 2.34. The minimum absolute atomic E-state index is 0.0183. The first-order valence-electron chi connectivity index (χ1n) is 13.0. The molecule has 2 aromatic rings. The van der Waals surface area contributed by atoms with Crippen molar-refractivity contribution >= 4 is 35.3 Å². The number of hydrogen-bond acceptors (Lipinski definition) is 6. The highest BCUT2D eigenvalue weighted by Crippen LogP contribution is 2.46. The van der Waals surface area contributed by atoms with Gasteiger partial charge in [0.25, 0.3) is 0 Å². The Morgan fingerprint density at radius 3 is 1.06 bits per heavy atom. The summed E-state index contributed by atoms with van der Waals surface area (Å²) in [6.07, 6.45) is 3.71. The summed E-state index contributed by atoms with van der Waals surface area (Å²) in [6.45, 7) is 18.7. The predicted molar refractivity (Wildman–Crippen MR) is 158 cm³/mol. The van der Waals surface area contributed by atoms with Gasteiger partial charge in [0, 0.05) is 69.1 Å². The summed E-state index contributed by atoms with van der Waals surface area (Å²) >= 11 is 3.72. The quantitative estimate of drug-likeness (QED) is 0.291. The zero-order valence-electron chi connectivity index (χ0n) is 23.2. The van der Waals surface area contributed by atoms with Crippen LogP contribution in [0.4, 0.5) is 0 Å². The van der Waals surface area contributed by atoms with Gasteiger partial charge in [-0.15, -0.1) is 0 Å². The lowest BCUT2D eigenvalue weighted by Crippen LogP contribution is -2.57. The van der Waals surface area contributed by atoms with Crippen molar-refractivity contribution in [1.29, 1.82) is 0 Å². The Morgan fingerprint density at radius 2 is 0.778 bits per heavy atom. The van der Waals surface area contributed by atoms with E-state index in [0.29, 0.717) is 0 Å². The topological polar surface area (TPSA) is 31.2 Å². The molecule has 2 aliphatic heterocycles. The second-order valence-electron chi connectivity index (χ2n) is 12.7. The van der Waals surface area contributed by atoms with Gasteiger partial charge in [-0.1, -0.05) is 36.4 Å². The monoisotopic (exact) mass is 522 g/mol. The molecule has 6 heteroatoms. The minimum atomic E-state index is -0.0183. The summed E-state index contributed by atoms with van der Waals surface area (Å²) in [5.74, 6) is 0. The SMILES string of the molecule is CC1(C)CC(=NN=C2CC(C)(C)N(Sc3ccccc3)C(C)(C)C2)CC(C)(C)N1Sc1ccccc1. The third kappa shape index (κ3) is 6.27. The van der Waals surface area contributed by atoms with Gasteiger partial charge in [0.15, 0.2) is 0 Å². The summed E-state index contributed by atoms with van der Waals surface area (Å²) < 4.78 is 5.13. The van der Waals surface area contributed by atoms with Gasteiger partial charge >= 0.3 is 0 Å². The maximum Gasteiger partial charge on any atom is 0.0443 e. The van der Waals surface area contributed by atoms with E-state index in [4.69, 9.17) is 10.2 Å². The molecule has 2 heterocycles. The van der Waals surface area contributed by atoms with Crippen molar-refractivity contribution < 1.29 is 0 Å². The number of hydrogen-bond donors (Lipinski definition) is 0. The highest BCUT2D eigenvalue weighted by Gasteiger charge is 2.46. The zero-order chi connectivity index (χ0) is 26.2. The fraction of sp³-hybridized carbons (Fsp3) is 0.533. The molecule has 4 rings (SSSR count). The Balaban J connectivity index is 1.51. The summed E-state index contributed by atoms with van der Waals surface area (Å²) in [4.78, 5) is 2.56. The molecule has 0 bridgehead atoms. The fourth-order valence-corrected chi connectivity index (χ4v) is 8.23. The van der Waals surface area contributed by atoms with Crippen LogP contribution in [0.5, 0.6) is 0 Å². The van der Waals surface area contributed by atoms with Gasteiger partial charge < -0.3 is 0 Å². The van der Waals surface area contributed by atoms with Crippen molar-refractivity contribution in [2.45, 2.75) is 113 Å². The van der Waals surface area contributed by atoms with E-state index in [9.17, 15) is 0 Å². The van der Waals surface area contributed by atoms with E-state index >= 15 is 0 Å². The fourth-order valence-electron chi connectivity index (χ4n) is 6.00. The molecule has 0 aromatic heterocycles. The number of nitrogens with zero attached hydrogens (tertiary/aromatic N) is 4. The van der Waals surface area contributed by atoms with Gasteiger partial charge in [-0.05, 0) is 104 Å². The largest absolute Gasteiger partial charge is 0.234 e. The second kappa shape index (κ2) is 10.3. The van der Waals surface area contributed by atoms with Gasteiger partial charge in [-0.2, -0.15) is 10.2 Å². The third-order valence-electron chi connectivity index (χ3n) is 6.96. The van der Waals surface area contributed by atoms with Crippen LogP contribution in [0.3, 0.4) is 0 Å². The molecule has 0 saturated carbocycles. The van der Waals surface area contributed by atoms with Gasteiger partial charge in [-0.3, -0.25) is 0 Å². The summed E-state index contributed by atoms with van der Waals surface area (Å²) in [5, 5.41) is 9.85. The first-order valence-corrected chi connectivity index (χ1v) is 14.5. The van der Waals surface area contributed by atoms with Crippen molar-refractivity contribution in [3.05, 3.63) is 60.7 Å². The van der Waals surface area contributed by atoms with E-state index in [-0.39, 0.29) is 22.2 Å². The highest BCUT2D eigenvalue weighted by atomic mass is 32.2. The van der Waals surface area contributed by atoms with E-state index in [0.717, 1.165) is 25.7 Å². The van der Waals surface area contributed by atoms with Crippen LogP contribution in [-0.4, -0.2) is 42.2 Å². The van der Waals surface area contributed by atoms with Crippen molar-refractivity contribution in [2.24, 2.45) is 10.2 Å². The van der Waals surface area contributed by atoms with Crippen LogP contribution in [0, 0.1) is 0 Å². The van der Waals surface area contributed by atoms with Gasteiger partial charge in [0.1, 0.15) is 0 Å². The van der Waals surface area contributed by atoms with E-state index < -0.39 is 0 Å². The van der Waals surface area contributed by atoms with Crippen LogP contribution in [0.25, 0.3) is 0 Å². The second-order valence-corrected chi connectivity index (χ2v) is 14.7. The summed E-state index contributed by atoms with van der Waals surface area (Å²) in [6, 6.07) is 21.4. The molecular formula is C30H42N4S2. The average molecular weight is 523 g/mol. The van der Waals surface area contributed by atoms with Crippen molar-refractivity contribution in [3.63, 3.8) is 0 Å². The molecule has 0 radical (unpaired) electrons. The normalized spacial score (nSPS) is 23.3. The average Bonchev–Trinajstić information content (AvgIpc) is 2.78. The molecule has 0 aliphatic carbocycles. The lowest BCUT2D eigenvalue weighted by Gasteiger charge is -2.52. The number of rotatable bonds is 5. The Kier molecular flexibility index (Phi) is 7.83. The zero-order valence-corrected chi connectivity index (χ0v) is 24.8. The summed E-state index contributed by atoms with van der Waals surface area (Å²) in [7, 11) is 0. The minimum Gasteiger partial charge on any atom is -0.234 e. The molecule has 194 valence electrons. The van der Waals surface area contributed by atoms with Crippen molar-refractivity contribution in [1.82, 2.24) is 8.61 Å². The standard InChI is InChI=1S/C30H42N4S2/c1-27(2)19-23(20-28(3,4)33(27)35-25-15-11-9-12-16-25)31-32-24-21-29(5,6)34(30(7,8)22-24)36-26-17-13-10-14-18-26/h9-18H,19-22H2,1-8H3. The highest BCUT2D eigenvalue weighted by molar-refractivity contribution is 7.97. The Bertz CT molecular complexity index is 975. The lowest BCUT2D eigenvalue weighted by molar-refractivity contribution is 0.116. The van der Waals surface area contributed by atoms with E-state index in [1.54, 1.807) is 0 Å². The van der Waals surface area contributed by atoms with E-state index in [1.165, 1.54) is 21.2 Å². The molecular weight excluding hydrogens is 480 g/mol. The van der Waals surface area contributed by atoms with E-state index in [1.807, 2.05) is 23.9 Å². The van der Waals surface area contributed by atoms with Crippen LogP contribution in [-0.2, 0) is 0 Å². The van der Waals surface area contributed by atoms with Crippen molar-refractivity contribution in [3.8, 4) is 0 Å². The third-order valence-corrected chi connectivity index (χ3v) is 10.3. The molecule has 36 heavy (non-hydrogen) atoms. The van der Waals surface area contributed by atoms with E-state index in [2.05, 4.69) is 125 Å². The molecule has 2 aromatic carbocycles. The van der Waals surface area contributed by atoms with Crippen LogP contribution in [0.15, 0.2) is 80.7 Å². The van der Waals surface area contributed by atoms with Crippen LogP contribution in [0.2, 0.25) is 0 Å². The van der Waals surface area contributed by atoms with Gasteiger partial charge in [-0.25, -0.2) is 8.61 Å². The molecule has 2 saturated heterocycles. The Morgan fingerprint density at radius 1 is 0.500 bits per heavy atom. The Labute approximate surface area is 227 Å². The molecule has 0 atom stereocenters. The Hall–Kier alpha value is -1.60. The van der Waals surface area contributed by atoms with Gasteiger partial charge in [0.05, 0.1) is 0 Å². The molecule has 4 nitrogen and oxygen atoms in total. The first kappa shape index (κ1) is 27.4. The first-order chi connectivity index (χ1) is 16.8. The number of benzene rings is 2. The maximum absolute atomic E-state index is 4.92. The maximum atomic E-state index is 4.92. The van der Waals surface area contributed by atoms with Crippen LogP contribution < -0.4 is 0 Å². The van der Waals surface area contributed by atoms with Gasteiger partial charge in [0.2, 0.25) is 0 Å². The van der Waals surface area contributed by atoms with Crippen molar-refractivity contribution in [2.75, 3.05) is 0 Å². The molecule has 0 spiro atoms. The smallest absolute Gasteiger partial charge is 0.0443 e. The van der Waals surface area contributed by atoms with Crippen LogP contribution >= 0.6 is 23.9 Å². The molecule has 0 N–H and O–H groups in total. The molecule has 0 amide bonds. The molecule has 0 unspecified atom stereocenters.